The number of methoxy groups -OCH3 is 1. The third-order valence-electron chi connectivity index (χ3n) is 4.28. The Hall–Kier alpha value is -3.06. The molecule has 152 valence electrons. The van der Waals surface area contributed by atoms with E-state index < -0.39 is 6.10 Å². The summed E-state index contributed by atoms with van der Waals surface area (Å²) in [7, 11) is 3.27. The van der Waals surface area contributed by atoms with Gasteiger partial charge < -0.3 is 18.9 Å². The molecule has 29 heavy (non-hydrogen) atoms. The van der Waals surface area contributed by atoms with Crippen LogP contribution in [0.2, 0.25) is 5.02 Å². The van der Waals surface area contributed by atoms with E-state index in [1.807, 2.05) is 31.2 Å². The number of halogens is 1. The van der Waals surface area contributed by atoms with Crippen molar-refractivity contribution in [3.8, 4) is 22.9 Å². The molecule has 7 nitrogen and oxygen atoms in total. The molecular formula is C21H22ClN3O4. The summed E-state index contributed by atoms with van der Waals surface area (Å²) in [6.45, 7) is 2.07. The summed E-state index contributed by atoms with van der Waals surface area (Å²) in [4.78, 5) is 18.7. The SMILES string of the molecule is CCC(Oc1ccc(Cl)cc1)C(=O)N(C)Cc1nc(-c2cccc(OC)c2)no1. The van der Waals surface area contributed by atoms with Gasteiger partial charge in [0.15, 0.2) is 6.10 Å². The lowest BCUT2D eigenvalue weighted by Gasteiger charge is -2.22. The summed E-state index contributed by atoms with van der Waals surface area (Å²) in [5, 5.41) is 4.60. The Bertz CT molecular complexity index is 959. The van der Waals surface area contributed by atoms with Crippen LogP contribution in [0.25, 0.3) is 11.4 Å². The maximum atomic E-state index is 12.8. The second kappa shape index (κ2) is 9.43. The molecule has 0 spiro atoms. The lowest BCUT2D eigenvalue weighted by Crippen LogP contribution is -2.39. The largest absolute Gasteiger partial charge is 0.497 e. The lowest BCUT2D eigenvalue weighted by molar-refractivity contribution is -0.138. The van der Waals surface area contributed by atoms with E-state index in [2.05, 4.69) is 10.1 Å². The highest BCUT2D eigenvalue weighted by Gasteiger charge is 2.24. The fourth-order valence-electron chi connectivity index (χ4n) is 2.71. The van der Waals surface area contributed by atoms with Crippen molar-refractivity contribution in [2.24, 2.45) is 0 Å². The zero-order valence-electron chi connectivity index (χ0n) is 16.5. The van der Waals surface area contributed by atoms with Crippen molar-refractivity contribution in [2.75, 3.05) is 14.2 Å². The van der Waals surface area contributed by atoms with Gasteiger partial charge in [-0.2, -0.15) is 4.98 Å². The van der Waals surface area contributed by atoms with Crippen LogP contribution in [0, 0.1) is 0 Å². The van der Waals surface area contributed by atoms with E-state index >= 15 is 0 Å². The van der Waals surface area contributed by atoms with Crippen LogP contribution < -0.4 is 9.47 Å². The molecule has 1 unspecified atom stereocenters. The monoisotopic (exact) mass is 415 g/mol. The van der Waals surface area contributed by atoms with Gasteiger partial charge in [0, 0.05) is 17.6 Å². The maximum Gasteiger partial charge on any atom is 0.263 e. The molecular weight excluding hydrogens is 394 g/mol. The van der Waals surface area contributed by atoms with Gasteiger partial charge in [-0.1, -0.05) is 35.8 Å². The van der Waals surface area contributed by atoms with Gasteiger partial charge in [-0.15, -0.1) is 0 Å². The number of rotatable bonds is 8. The van der Waals surface area contributed by atoms with E-state index in [0.717, 1.165) is 5.56 Å². The van der Waals surface area contributed by atoms with Crippen LogP contribution >= 0.6 is 11.6 Å². The summed E-state index contributed by atoms with van der Waals surface area (Å²) in [5.41, 5.74) is 0.769. The van der Waals surface area contributed by atoms with Crippen molar-refractivity contribution in [1.29, 1.82) is 0 Å². The summed E-state index contributed by atoms with van der Waals surface area (Å²) in [6.07, 6.45) is -0.105. The normalized spacial score (nSPS) is 11.7. The van der Waals surface area contributed by atoms with Crippen molar-refractivity contribution in [3.63, 3.8) is 0 Å². The summed E-state index contributed by atoms with van der Waals surface area (Å²) in [5.74, 6) is 1.88. The minimum atomic E-state index is -0.623. The molecule has 0 aliphatic heterocycles. The number of hydrogen-bond donors (Lipinski definition) is 0. The number of aromatic nitrogens is 2. The highest BCUT2D eigenvalue weighted by Crippen LogP contribution is 2.22. The van der Waals surface area contributed by atoms with E-state index in [0.29, 0.717) is 34.7 Å². The molecule has 3 rings (SSSR count). The highest BCUT2D eigenvalue weighted by molar-refractivity contribution is 6.30. The number of amides is 1. The number of likely N-dealkylation sites (N-methyl/N-ethyl adjacent to an activating group) is 1. The molecule has 1 heterocycles. The van der Waals surface area contributed by atoms with Crippen LogP contribution in [-0.4, -0.2) is 41.2 Å². The van der Waals surface area contributed by atoms with Crippen molar-refractivity contribution >= 4 is 17.5 Å². The van der Waals surface area contributed by atoms with Gasteiger partial charge in [0.1, 0.15) is 11.5 Å². The van der Waals surface area contributed by atoms with Gasteiger partial charge in [-0.25, -0.2) is 0 Å². The molecule has 8 heteroatoms. The molecule has 1 aromatic heterocycles. The second-order valence-corrected chi connectivity index (χ2v) is 6.84. The molecule has 0 saturated carbocycles. The van der Waals surface area contributed by atoms with Crippen molar-refractivity contribution in [3.05, 3.63) is 59.4 Å². The fraction of sp³-hybridized carbons (Fsp3) is 0.286. The smallest absolute Gasteiger partial charge is 0.263 e. The predicted molar refractivity (Wildman–Crippen MR) is 109 cm³/mol. The molecule has 0 fully saturated rings. The van der Waals surface area contributed by atoms with Crippen molar-refractivity contribution in [1.82, 2.24) is 15.0 Å². The van der Waals surface area contributed by atoms with Gasteiger partial charge in [0.25, 0.3) is 5.91 Å². The van der Waals surface area contributed by atoms with E-state index in [9.17, 15) is 4.79 Å². The van der Waals surface area contributed by atoms with E-state index in [4.69, 9.17) is 25.6 Å². The minimum absolute atomic E-state index is 0.177. The van der Waals surface area contributed by atoms with Crippen LogP contribution in [0.4, 0.5) is 0 Å². The van der Waals surface area contributed by atoms with E-state index in [1.165, 1.54) is 4.90 Å². The van der Waals surface area contributed by atoms with E-state index in [1.54, 1.807) is 38.4 Å². The molecule has 0 radical (unpaired) electrons. The molecule has 0 aliphatic rings. The zero-order chi connectivity index (χ0) is 20.8. The summed E-state index contributed by atoms with van der Waals surface area (Å²) in [6, 6.07) is 14.3. The molecule has 0 bridgehead atoms. The van der Waals surface area contributed by atoms with Crippen molar-refractivity contribution < 1.29 is 18.8 Å². The fourth-order valence-corrected chi connectivity index (χ4v) is 2.84. The van der Waals surface area contributed by atoms with Crippen LogP contribution in [0.3, 0.4) is 0 Å². The molecule has 0 N–H and O–H groups in total. The first-order valence-electron chi connectivity index (χ1n) is 9.14. The quantitative estimate of drug-likeness (QED) is 0.548. The Morgan fingerprint density at radius 3 is 2.66 bits per heavy atom. The van der Waals surface area contributed by atoms with Gasteiger partial charge >= 0.3 is 0 Å². The van der Waals surface area contributed by atoms with Crippen molar-refractivity contribution in [2.45, 2.75) is 26.0 Å². The number of ether oxygens (including phenoxy) is 2. The Kier molecular flexibility index (Phi) is 6.72. The summed E-state index contributed by atoms with van der Waals surface area (Å²) >= 11 is 5.89. The number of nitrogens with zero attached hydrogens (tertiary/aromatic N) is 3. The first-order chi connectivity index (χ1) is 14.0. The molecule has 3 aromatic rings. The van der Waals surface area contributed by atoms with Crippen LogP contribution in [0.1, 0.15) is 19.2 Å². The van der Waals surface area contributed by atoms with E-state index in [-0.39, 0.29) is 12.5 Å². The first-order valence-corrected chi connectivity index (χ1v) is 9.52. The summed E-state index contributed by atoms with van der Waals surface area (Å²) < 4.78 is 16.3. The lowest BCUT2D eigenvalue weighted by atomic mass is 10.2. The number of carbonyl (C=O) groups is 1. The Balaban J connectivity index is 1.65. The average Bonchev–Trinajstić information content (AvgIpc) is 3.21. The number of benzene rings is 2. The average molecular weight is 416 g/mol. The van der Waals surface area contributed by atoms with Crippen LogP contribution in [0.15, 0.2) is 53.1 Å². The van der Waals surface area contributed by atoms with Gasteiger partial charge in [0.2, 0.25) is 11.7 Å². The third kappa shape index (κ3) is 5.26. The predicted octanol–water partition coefficient (Wildman–Crippen LogP) is 4.21. The van der Waals surface area contributed by atoms with Gasteiger partial charge in [-0.3, -0.25) is 4.79 Å². The molecule has 0 aliphatic carbocycles. The third-order valence-corrected chi connectivity index (χ3v) is 4.53. The standard InChI is InChI=1S/C21H22ClN3O4/c1-4-18(28-16-10-8-15(22)9-11-16)21(26)25(2)13-19-23-20(24-29-19)14-6-5-7-17(12-14)27-3/h5-12,18H,4,13H2,1-3H3. The Labute approximate surface area is 174 Å². The minimum Gasteiger partial charge on any atom is -0.497 e. The number of hydrogen-bond acceptors (Lipinski definition) is 6. The molecule has 1 atom stereocenters. The van der Waals surface area contributed by atoms with Crippen LogP contribution in [0.5, 0.6) is 11.5 Å². The van der Waals surface area contributed by atoms with Crippen LogP contribution in [-0.2, 0) is 11.3 Å². The molecule has 2 aromatic carbocycles. The van der Waals surface area contributed by atoms with Gasteiger partial charge in [-0.05, 0) is 42.8 Å². The molecule has 1 amide bonds. The topological polar surface area (TPSA) is 77.7 Å². The second-order valence-electron chi connectivity index (χ2n) is 6.41. The molecule has 0 saturated heterocycles. The Morgan fingerprint density at radius 2 is 1.97 bits per heavy atom. The maximum absolute atomic E-state index is 12.8. The first kappa shape index (κ1) is 20.7. The zero-order valence-corrected chi connectivity index (χ0v) is 17.2. The Morgan fingerprint density at radius 1 is 1.21 bits per heavy atom. The highest BCUT2D eigenvalue weighted by atomic mass is 35.5. The number of carbonyl (C=O) groups excluding carboxylic acids is 1. The van der Waals surface area contributed by atoms with Gasteiger partial charge in [0.05, 0.1) is 13.7 Å².